The quantitative estimate of drug-likeness (QED) is 0.865. The van der Waals surface area contributed by atoms with Crippen LogP contribution in [0.1, 0.15) is 16.8 Å². The summed E-state index contributed by atoms with van der Waals surface area (Å²) in [7, 11) is 0. The molecule has 2 aromatic heterocycles. The molecule has 0 aromatic carbocycles. The summed E-state index contributed by atoms with van der Waals surface area (Å²) >= 11 is 5.86. The Kier molecular flexibility index (Phi) is 3.01. The van der Waals surface area contributed by atoms with E-state index < -0.39 is 0 Å². The van der Waals surface area contributed by atoms with Gasteiger partial charge < -0.3 is 5.73 Å². The van der Waals surface area contributed by atoms with Gasteiger partial charge in [0.05, 0.1) is 23.0 Å². The second-order valence-electron chi connectivity index (χ2n) is 4.13. The highest BCUT2D eigenvalue weighted by Gasteiger charge is 2.16. The lowest BCUT2D eigenvalue weighted by molar-refractivity contribution is 1.21. The minimum absolute atomic E-state index is 0.528. The molecule has 1 aliphatic rings. The number of halogens is 1. The van der Waals surface area contributed by atoms with E-state index in [0.29, 0.717) is 17.3 Å². The molecule has 19 heavy (non-hydrogen) atoms. The van der Waals surface area contributed by atoms with Gasteiger partial charge in [-0.05, 0) is 24.3 Å². The largest absolute Gasteiger partial charge is 0.398 e. The minimum atomic E-state index is 0.528. The van der Waals surface area contributed by atoms with Crippen LogP contribution in [0.15, 0.2) is 47.9 Å². The number of hydrogen-bond donors (Lipinski definition) is 1. The van der Waals surface area contributed by atoms with Gasteiger partial charge in [-0.2, -0.15) is 0 Å². The van der Waals surface area contributed by atoms with Crippen LogP contribution < -0.4 is 5.73 Å². The monoisotopic (exact) mass is 270 g/mol. The molecule has 0 unspecified atom stereocenters. The standard InChI is InChI=1S/C14H11ClN4/c15-9-1-2-13(19-7-9)14-10-3-5-17-8-11(10)12(16)4-6-18-14/h1-5,7-8H,6,16H2. The van der Waals surface area contributed by atoms with Crippen LogP contribution in [0.2, 0.25) is 5.02 Å². The molecule has 0 aliphatic carbocycles. The maximum atomic E-state index is 6.02. The SMILES string of the molecule is NC1=CCN=C(c2ccc(Cl)cn2)c2ccncc21. The van der Waals surface area contributed by atoms with Crippen LogP contribution >= 0.6 is 11.6 Å². The third kappa shape index (κ3) is 2.22. The summed E-state index contributed by atoms with van der Waals surface area (Å²) < 4.78 is 0. The fourth-order valence-corrected chi connectivity index (χ4v) is 2.11. The van der Waals surface area contributed by atoms with Crippen LogP contribution in [0.25, 0.3) is 5.70 Å². The molecule has 0 saturated heterocycles. The van der Waals surface area contributed by atoms with Gasteiger partial charge in [-0.3, -0.25) is 15.0 Å². The van der Waals surface area contributed by atoms with Crippen molar-refractivity contribution in [1.82, 2.24) is 9.97 Å². The third-order valence-electron chi connectivity index (χ3n) is 2.92. The maximum absolute atomic E-state index is 6.02. The summed E-state index contributed by atoms with van der Waals surface area (Å²) in [6.45, 7) is 0.528. The van der Waals surface area contributed by atoms with Crippen molar-refractivity contribution in [3.8, 4) is 0 Å². The van der Waals surface area contributed by atoms with Gasteiger partial charge in [0.2, 0.25) is 0 Å². The Morgan fingerprint density at radius 3 is 2.79 bits per heavy atom. The smallest absolute Gasteiger partial charge is 0.0914 e. The molecule has 3 rings (SSSR count). The molecule has 0 radical (unpaired) electrons. The van der Waals surface area contributed by atoms with Gasteiger partial charge in [-0.1, -0.05) is 11.6 Å². The Morgan fingerprint density at radius 1 is 1.11 bits per heavy atom. The van der Waals surface area contributed by atoms with E-state index in [1.54, 1.807) is 24.7 Å². The van der Waals surface area contributed by atoms with E-state index >= 15 is 0 Å². The molecule has 94 valence electrons. The molecule has 2 N–H and O–H groups in total. The third-order valence-corrected chi connectivity index (χ3v) is 3.14. The zero-order chi connectivity index (χ0) is 13.2. The Bertz CT molecular complexity index is 674. The predicted octanol–water partition coefficient (Wildman–Crippen LogP) is 2.28. The highest BCUT2D eigenvalue weighted by molar-refractivity contribution is 6.30. The number of nitrogens with zero attached hydrogens (tertiary/aromatic N) is 3. The van der Waals surface area contributed by atoms with Crippen LogP contribution in [0, 0.1) is 0 Å². The van der Waals surface area contributed by atoms with Crippen LogP contribution in [0.4, 0.5) is 0 Å². The second kappa shape index (κ2) is 4.82. The number of nitrogens with two attached hydrogens (primary N) is 1. The predicted molar refractivity (Wildman–Crippen MR) is 76.2 cm³/mol. The first-order chi connectivity index (χ1) is 9.25. The normalized spacial score (nSPS) is 14.2. The summed E-state index contributed by atoms with van der Waals surface area (Å²) in [5.41, 5.74) is 10.1. The molecule has 3 heterocycles. The lowest BCUT2D eigenvalue weighted by atomic mass is 10.0. The molecule has 0 saturated carbocycles. The van der Waals surface area contributed by atoms with E-state index in [1.807, 2.05) is 18.2 Å². The fourth-order valence-electron chi connectivity index (χ4n) is 2.00. The molecule has 0 bridgehead atoms. The van der Waals surface area contributed by atoms with E-state index in [4.69, 9.17) is 17.3 Å². The lowest BCUT2D eigenvalue weighted by Crippen LogP contribution is -2.09. The summed E-state index contributed by atoms with van der Waals surface area (Å²) in [5.74, 6) is 0. The number of fused-ring (bicyclic) bond motifs is 1. The van der Waals surface area contributed by atoms with Crippen molar-refractivity contribution in [3.05, 3.63) is 64.7 Å². The van der Waals surface area contributed by atoms with E-state index in [9.17, 15) is 0 Å². The van der Waals surface area contributed by atoms with Crippen LogP contribution in [-0.4, -0.2) is 22.2 Å². The van der Waals surface area contributed by atoms with Gasteiger partial charge >= 0.3 is 0 Å². The topological polar surface area (TPSA) is 64.2 Å². The van der Waals surface area contributed by atoms with Crippen molar-refractivity contribution in [2.45, 2.75) is 0 Å². The summed E-state index contributed by atoms with van der Waals surface area (Å²) in [5, 5.41) is 0.602. The molecular formula is C14H11ClN4. The number of hydrogen-bond acceptors (Lipinski definition) is 4. The van der Waals surface area contributed by atoms with Gasteiger partial charge in [0.1, 0.15) is 0 Å². The molecule has 1 aliphatic heterocycles. The van der Waals surface area contributed by atoms with Crippen molar-refractivity contribution in [1.29, 1.82) is 0 Å². The molecule has 5 heteroatoms. The zero-order valence-electron chi connectivity index (χ0n) is 10.0. The number of aromatic nitrogens is 2. The van der Waals surface area contributed by atoms with Crippen molar-refractivity contribution in [2.24, 2.45) is 10.7 Å². The van der Waals surface area contributed by atoms with Gasteiger partial charge in [0.15, 0.2) is 0 Å². The van der Waals surface area contributed by atoms with E-state index in [-0.39, 0.29) is 0 Å². The van der Waals surface area contributed by atoms with Crippen molar-refractivity contribution in [3.63, 3.8) is 0 Å². The summed E-state index contributed by atoms with van der Waals surface area (Å²) in [6.07, 6.45) is 6.96. The number of aliphatic imine (C=N–C) groups is 1. The van der Waals surface area contributed by atoms with Crippen LogP contribution in [0.3, 0.4) is 0 Å². The zero-order valence-corrected chi connectivity index (χ0v) is 10.8. The van der Waals surface area contributed by atoms with Crippen LogP contribution in [0.5, 0.6) is 0 Å². The first kappa shape index (κ1) is 11.9. The van der Waals surface area contributed by atoms with Crippen LogP contribution in [-0.2, 0) is 0 Å². The van der Waals surface area contributed by atoms with Crippen molar-refractivity contribution < 1.29 is 0 Å². The van der Waals surface area contributed by atoms with E-state index in [0.717, 1.165) is 22.5 Å². The average Bonchev–Trinajstić information content (AvgIpc) is 2.60. The molecule has 2 aromatic rings. The highest BCUT2D eigenvalue weighted by Crippen LogP contribution is 2.21. The fraction of sp³-hybridized carbons (Fsp3) is 0.0714. The van der Waals surface area contributed by atoms with Gasteiger partial charge in [-0.15, -0.1) is 0 Å². The van der Waals surface area contributed by atoms with E-state index in [1.165, 1.54) is 0 Å². The molecular weight excluding hydrogens is 260 g/mol. The molecule has 0 fully saturated rings. The number of rotatable bonds is 1. The molecule has 4 nitrogen and oxygen atoms in total. The molecule has 0 atom stereocenters. The summed E-state index contributed by atoms with van der Waals surface area (Å²) in [4.78, 5) is 13.0. The van der Waals surface area contributed by atoms with Crippen molar-refractivity contribution >= 4 is 23.0 Å². The average molecular weight is 271 g/mol. The number of pyridine rings is 2. The highest BCUT2D eigenvalue weighted by atomic mass is 35.5. The molecule has 0 spiro atoms. The Hall–Kier alpha value is -2.20. The Labute approximate surface area is 115 Å². The van der Waals surface area contributed by atoms with Gasteiger partial charge in [-0.25, -0.2) is 0 Å². The molecule has 0 amide bonds. The Balaban J connectivity index is 2.16. The van der Waals surface area contributed by atoms with Crippen molar-refractivity contribution in [2.75, 3.05) is 6.54 Å². The minimum Gasteiger partial charge on any atom is -0.398 e. The maximum Gasteiger partial charge on any atom is 0.0914 e. The lowest BCUT2D eigenvalue weighted by Gasteiger charge is -2.09. The summed E-state index contributed by atoms with van der Waals surface area (Å²) in [6, 6.07) is 5.55. The van der Waals surface area contributed by atoms with Gasteiger partial charge in [0.25, 0.3) is 0 Å². The first-order valence-electron chi connectivity index (χ1n) is 5.82. The first-order valence-corrected chi connectivity index (χ1v) is 6.20. The van der Waals surface area contributed by atoms with E-state index in [2.05, 4.69) is 15.0 Å². The Morgan fingerprint density at radius 2 is 2.00 bits per heavy atom. The van der Waals surface area contributed by atoms with Gasteiger partial charge in [0, 0.05) is 35.4 Å². The second-order valence-corrected chi connectivity index (χ2v) is 4.57.